The fourth-order valence-electron chi connectivity index (χ4n) is 3.13. The van der Waals surface area contributed by atoms with E-state index in [4.69, 9.17) is 21.3 Å². The number of fused-ring (bicyclic) bond motifs is 3. The summed E-state index contributed by atoms with van der Waals surface area (Å²) in [6.07, 6.45) is 3.55. The standard InChI is InChI=1S/C14H16ClN3OS/c15-13-12-9-2-1-3-10(9)20-14(12)17-11(16-13)8-18-4-6-19-7-5-18/h1-8H2/p+1. The van der Waals surface area contributed by atoms with Crippen LogP contribution >= 0.6 is 22.9 Å². The maximum absolute atomic E-state index is 6.43. The van der Waals surface area contributed by atoms with Crippen LogP contribution in [0, 0.1) is 0 Å². The second kappa shape index (κ2) is 5.22. The molecule has 3 heterocycles. The summed E-state index contributed by atoms with van der Waals surface area (Å²) in [4.78, 5) is 13.3. The molecule has 0 radical (unpaired) electrons. The number of quaternary nitrogens is 1. The first-order valence-corrected chi connectivity index (χ1v) is 8.38. The van der Waals surface area contributed by atoms with Crippen molar-refractivity contribution >= 4 is 33.2 Å². The van der Waals surface area contributed by atoms with Crippen molar-refractivity contribution in [2.75, 3.05) is 26.3 Å². The van der Waals surface area contributed by atoms with Crippen LogP contribution in [0.2, 0.25) is 5.15 Å². The van der Waals surface area contributed by atoms with Gasteiger partial charge in [-0.2, -0.15) is 0 Å². The smallest absolute Gasteiger partial charge is 0.186 e. The third kappa shape index (κ3) is 2.22. The molecule has 1 N–H and O–H groups in total. The van der Waals surface area contributed by atoms with Crippen molar-refractivity contribution in [3.8, 4) is 0 Å². The molecule has 1 aliphatic heterocycles. The van der Waals surface area contributed by atoms with Gasteiger partial charge in [0.2, 0.25) is 0 Å². The lowest BCUT2D eigenvalue weighted by Gasteiger charge is -2.22. The Kier molecular flexibility index (Phi) is 3.38. The number of hydrogen-bond acceptors (Lipinski definition) is 4. The molecule has 0 aromatic carbocycles. The molecule has 4 rings (SSSR count). The summed E-state index contributed by atoms with van der Waals surface area (Å²) < 4.78 is 5.39. The van der Waals surface area contributed by atoms with Crippen LogP contribution in [0.15, 0.2) is 0 Å². The number of hydrogen-bond donors (Lipinski definition) is 1. The Labute approximate surface area is 126 Å². The largest absolute Gasteiger partial charge is 0.370 e. The Morgan fingerprint density at radius 2 is 2.05 bits per heavy atom. The van der Waals surface area contributed by atoms with E-state index in [0.29, 0.717) is 5.15 Å². The van der Waals surface area contributed by atoms with Crippen LogP contribution in [0.25, 0.3) is 10.2 Å². The predicted octanol–water partition coefficient (Wildman–Crippen LogP) is 1.25. The van der Waals surface area contributed by atoms with E-state index < -0.39 is 0 Å². The monoisotopic (exact) mass is 310 g/mol. The van der Waals surface area contributed by atoms with E-state index >= 15 is 0 Å². The number of nitrogens with one attached hydrogen (secondary N) is 1. The van der Waals surface area contributed by atoms with Gasteiger partial charge in [-0.05, 0) is 24.8 Å². The fraction of sp³-hybridized carbons (Fsp3) is 0.571. The zero-order chi connectivity index (χ0) is 13.5. The van der Waals surface area contributed by atoms with Gasteiger partial charge in [-0.1, -0.05) is 11.6 Å². The lowest BCUT2D eigenvalue weighted by atomic mass is 10.2. The van der Waals surface area contributed by atoms with Crippen molar-refractivity contribution in [2.45, 2.75) is 25.8 Å². The number of ether oxygens (including phenoxy) is 1. The van der Waals surface area contributed by atoms with E-state index in [1.807, 2.05) is 11.3 Å². The molecule has 0 spiro atoms. The minimum absolute atomic E-state index is 0.650. The van der Waals surface area contributed by atoms with Gasteiger partial charge in [0, 0.05) is 4.88 Å². The number of halogens is 1. The lowest BCUT2D eigenvalue weighted by molar-refractivity contribution is -0.922. The molecular formula is C14H17ClN3OS+. The first kappa shape index (κ1) is 13.0. The molecule has 20 heavy (non-hydrogen) atoms. The van der Waals surface area contributed by atoms with Gasteiger partial charge >= 0.3 is 0 Å². The van der Waals surface area contributed by atoms with E-state index in [0.717, 1.165) is 55.3 Å². The Morgan fingerprint density at radius 1 is 1.20 bits per heavy atom. The zero-order valence-electron chi connectivity index (χ0n) is 11.2. The van der Waals surface area contributed by atoms with E-state index in [1.165, 1.54) is 28.2 Å². The number of nitrogens with zero attached hydrogens (tertiary/aromatic N) is 2. The molecule has 1 aliphatic carbocycles. The topological polar surface area (TPSA) is 39.5 Å². The molecule has 1 saturated heterocycles. The van der Waals surface area contributed by atoms with Crippen LogP contribution in [0.4, 0.5) is 0 Å². The van der Waals surface area contributed by atoms with Crippen LogP contribution < -0.4 is 4.90 Å². The SMILES string of the molecule is Clc1nc(C[NH+]2CCOCC2)nc2sc3c(c12)CCC3. The van der Waals surface area contributed by atoms with E-state index in [1.54, 1.807) is 0 Å². The quantitative estimate of drug-likeness (QED) is 0.849. The Morgan fingerprint density at radius 3 is 2.90 bits per heavy atom. The third-order valence-corrected chi connectivity index (χ3v) is 5.63. The van der Waals surface area contributed by atoms with Crippen molar-refractivity contribution < 1.29 is 9.64 Å². The van der Waals surface area contributed by atoms with Crippen LogP contribution in [0.3, 0.4) is 0 Å². The van der Waals surface area contributed by atoms with E-state index in [-0.39, 0.29) is 0 Å². The van der Waals surface area contributed by atoms with Crippen molar-refractivity contribution in [1.82, 2.24) is 9.97 Å². The van der Waals surface area contributed by atoms with Gasteiger partial charge in [0.25, 0.3) is 0 Å². The molecule has 2 aromatic heterocycles. The van der Waals surface area contributed by atoms with Crippen molar-refractivity contribution in [3.05, 3.63) is 21.4 Å². The van der Waals surface area contributed by atoms with Crippen LogP contribution in [-0.2, 0) is 24.1 Å². The molecule has 0 unspecified atom stereocenters. The first-order valence-electron chi connectivity index (χ1n) is 7.19. The van der Waals surface area contributed by atoms with E-state index in [9.17, 15) is 0 Å². The highest BCUT2D eigenvalue weighted by Crippen LogP contribution is 2.39. The number of thiophene rings is 1. The lowest BCUT2D eigenvalue weighted by Crippen LogP contribution is -3.12. The molecule has 0 saturated carbocycles. The Balaban J connectivity index is 1.67. The van der Waals surface area contributed by atoms with Gasteiger partial charge in [-0.15, -0.1) is 11.3 Å². The van der Waals surface area contributed by atoms with Gasteiger partial charge < -0.3 is 9.64 Å². The minimum atomic E-state index is 0.650. The number of aryl methyl sites for hydroxylation is 2. The molecule has 4 nitrogen and oxygen atoms in total. The molecule has 106 valence electrons. The molecule has 0 bridgehead atoms. The van der Waals surface area contributed by atoms with Crippen molar-refractivity contribution in [1.29, 1.82) is 0 Å². The van der Waals surface area contributed by atoms with Gasteiger partial charge in [0.05, 0.1) is 18.6 Å². The molecule has 2 aliphatic rings. The maximum Gasteiger partial charge on any atom is 0.186 e. The summed E-state index contributed by atoms with van der Waals surface area (Å²) in [5, 5.41) is 1.77. The van der Waals surface area contributed by atoms with Gasteiger partial charge in [0.1, 0.15) is 29.6 Å². The summed E-state index contributed by atoms with van der Waals surface area (Å²) in [5.41, 5.74) is 1.40. The van der Waals surface area contributed by atoms with Gasteiger partial charge in [0.15, 0.2) is 5.82 Å². The highest BCUT2D eigenvalue weighted by molar-refractivity contribution is 7.19. The Hall–Kier alpha value is -0.750. The number of morpholine rings is 1. The first-order chi connectivity index (χ1) is 9.81. The summed E-state index contributed by atoms with van der Waals surface area (Å²) in [6.45, 7) is 4.57. The average molecular weight is 311 g/mol. The molecular weight excluding hydrogens is 294 g/mol. The molecule has 2 aromatic rings. The normalized spacial score (nSPS) is 19.6. The Bertz CT molecular complexity index is 651. The summed E-state index contributed by atoms with van der Waals surface area (Å²) in [5.74, 6) is 0.874. The summed E-state index contributed by atoms with van der Waals surface area (Å²) in [7, 11) is 0. The summed E-state index contributed by atoms with van der Waals surface area (Å²) in [6, 6.07) is 0. The van der Waals surface area contributed by atoms with Crippen LogP contribution in [-0.4, -0.2) is 36.3 Å². The molecule has 0 atom stereocenters. The molecule has 6 heteroatoms. The molecule has 0 amide bonds. The van der Waals surface area contributed by atoms with E-state index in [2.05, 4.69) is 4.98 Å². The molecule has 1 fully saturated rings. The average Bonchev–Trinajstić information content (AvgIpc) is 2.99. The van der Waals surface area contributed by atoms with Crippen LogP contribution in [0.5, 0.6) is 0 Å². The number of aromatic nitrogens is 2. The maximum atomic E-state index is 6.43. The van der Waals surface area contributed by atoms with Crippen molar-refractivity contribution in [2.24, 2.45) is 0 Å². The second-order valence-electron chi connectivity index (χ2n) is 5.51. The minimum Gasteiger partial charge on any atom is -0.370 e. The highest BCUT2D eigenvalue weighted by atomic mass is 35.5. The summed E-state index contributed by atoms with van der Waals surface area (Å²) >= 11 is 8.23. The second-order valence-corrected chi connectivity index (χ2v) is 6.95. The fourth-order valence-corrected chi connectivity index (χ4v) is 4.77. The highest BCUT2D eigenvalue weighted by Gasteiger charge is 2.23. The third-order valence-electron chi connectivity index (χ3n) is 4.17. The predicted molar refractivity (Wildman–Crippen MR) is 79.7 cm³/mol. The zero-order valence-corrected chi connectivity index (χ0v) is 12.8. The number of rotatable bonds is 2. The van der Waals surface area contributed by atoms with Crippen molar-refractivity contribution in [3.63, 3.8) is 0 Å². The van der Waals surface area contributed by atoms with Crippen LogP contribution in [0.1, 0.15) is 22.7 Å². The van der Waals surface area contributed by atoms with Gasteiger partial charge in [-0.25, -0.2) is 9.97 Å². The van der Waals surface area contributed by atoms with Gasteiger partial charge in [-0.3, -0.25) is 0 Å².